The second-order valence-electron chi connectivity index (χ2n) is 6.46. The molecule has 1 aromatic rings. The second kappa shape index (κ2) is 11.8. The molecule has 1 fully saturated rings. The van der Waals surface area contributed by atoms with Gasteiger partial charge in [-0.2, -0.15) is 11.8 Å². The number of hydrogen-bond donors (Lipinski definition) is 2. The largest absolute Gasteiger partial charge is 0.357 e. The molecule has 5 nitrogen and oxygen atoms in total. The third kappa shape index (κ3) is 8.02. The van der Waals surface area contributed by atoms with Crippen molar-refractivity contribution in [1.82, 2.24) is 15.2 Å². The zero-order chi connectivity index (χ0) is 17.3. The first-order valence-corrected chi connectivity index (χ1v) is 9.93. The molecule has 2 N–H and O–H groups in total. The molecular formula is C18H31IN4OS. The highest BCUT2D eigenvalue weighted by Crippen LogP contribution is 2.37. The van der Waals surface area contributed by atoms with E-state index >= 15 is 0 Å². The predicted molar refractivity (Wildman–Crippen MR) is 119 cm³/mol. The molecule has 0 saturated carbocycles. The standard InChI is InChI=1S/C18H30N4OS.HI/c1-3-19-17(21-15-18(2)10-8-14-24-18)20-11-5-7-13-22-12-6-4-9-16(22)23;/h4,6,9,12H,3,5,7-8,10-11,13-15H2,1-2H3,(H2,19,20,21);1H. The Morgan fingerprint density at radius 3 is 2.88 bits per heavy atom. The molecule has 1 atom stereocenters. The molecule has 0 aliphatic carbocycles. The third-order valence-corrected chi connectivity index (χ3v) is 5.76. The summed E-state index contributed by atoms with van der Waals surface area (Å²) < 4.78 is 2.06. The molecule has 1 aliphatic heterocycles. The summed E-state index contributed by atoms with van der Waals surface area (Å²) in [6, 6.07) is 5.29. The Morgan fingerprint density at radius 2 is 2.20 bits per heavy atom. The average molecular weight is 478 g/mol. The summed E-state index contributed by atoms with van der Waals surface area (Å²) in [6.07, 6.45) is 6.40. The summed E-state index contributed by atoms with van der Waals surface area (Å²) in [5.74, 6) is 2.16. The highest BCUT2D eigenvalue weighted by atomic mass is 127. The van der Waals surface area contributed by atoms with Gasteiger partial charge in [0, 0.05) is 36.6 Å². The van der Waals surface area contributed by atoms with Crippen LogP contribution < -0.4 is 16.2 Å². The molecular weight excluding hydrogens is 447 g/mol. The SMILES string of the molecule is CCNC(=NCC1(C)CCCS1)NCCCCn1ccccc1=O.I. The minimum atomic E-state index is 0. The fourth-order valence-electron chi connectivity index (χ4n) is 2.81. The summed E-state index contributed by atoms with van der Waals surface area (Å²) in [6.45, 7) is 7.78. The van der Waals surface area contributed by atoms with Crippen LogP contribution in [0, 0.1) is 0 Å². The normalized spacial score (nSPS) is 20.2. The maximum absolute atomic E-state index is 11.6. The van der Waals surface area contributed by atoms with E-state index < -0.39 is 0 Å². The van der Waals surface area contributed by atoms with E-state index in [2.05, 4.69) is 24.5 Å². The highest BCUT2D eigenvalue weighted by molar-refractivity contribution is 14.0. The van der Waals surface area contributed by atoms with Gasteiger partial charge in [-0.3, -0.25) is 9.79 Å². The molecule has 1 aromatic heterocycles. The quantitative estimate of drug-likeness (QED) is 0.261. The van der Waals surface area contributed by atoms with Crippen molar-refractivity contribution >= 4 is 41.7 Å². The van der Waals surface area contributed by atoms with Gasteiger partial charge in [0.15, 0.2) is 5.96 Å². The number of thioether (sulfide) groups is 1. The number of unbranched alkanes of at least 4 members (excludes halogenated alkanes) is 1. The number of aliphatic imine (C=N–C) groups is 1. The average Bonchev–Trinajstić information content (AvgIpc) is 3.01. The molecule has 1 aliphatic rings. The first-order valence-electron chi connectivity index (χ1n) is 8.94. The van der Waals surface area contributed by atoms with Crippen LogP contribution in [0.2, 0.25) is 0 Å². The number of rotatable bonds is 8. The Hall–Kier alpha value is -0.700. The Balaban J connectivity index is 0.00000312. The topological polar surface area (TPSA) is 58.4 Å². The lowest BCUT2D eigenvalue weighted by molar-refractivity contribution is 0.583. The van der Waals surface area contributed by atoms with Crippen molar-refractivity contribution in [1.29, 1.82) is 0 Å². The van der Waals surface area contributed by atoms with Crippen molar-refractivity contribution in [2.45, 2.75) is 50.8 Å². The maximum Gasteiger partial charge on any atom is 0.250 e. The van der Waals surface area contributed by atoms with Gasteiger partial charge in [-0.15, -0.1) is 24.0 Å². The number of guanidine groups is 1. The highest BCUT2D eigenvalue weighted by Gasteiger charge is 2.29. The second-order valence-corrected chi connectivity index (χ2v) is 8.15. The molecule has 7 heteroatoms. The van der Waals surface area contributed by atoms with Gasteiger partial charge in [-0.05, 0) is 51.3 Å². The van der Waals surface area contributed by atoms with Crippen LogP contribution in [0.15, 0.2) is 34.2 Å². The van der Waals surface area contributed by atoms with E-state index in [1.807, 2.05) is 24.0 Å². The minimum absolute atomic E-state index is 0. The lowest BCUT2D eigenvalue weighted by Gasteiger charge is -2.21. The first-order chi connectivity index (χ1) is 11.6. The van der Waals surface area contributed by atoms with Crippen LogP contribution in [0.1, 0.15) is 39.5 Å². The summed E-state index contributed by atoms with van der Waals surface area (Å²) in [4.78, 5) is 16.4. The fourth-order valence-corrected chi connectivity index (χ4v) is 4.03. The Bertz CT molecular complexity index is 584. The van der Waals surface area contributed by atoms with Crippen molar-refractivity contribution in [3.05, 3.63) is 34.7 Å². The number of halogens is 1. The zero-order valence-corrected chi connectivity index (χ0v) is 18.4. The van der Waals surface area contributed by atoms with Gasteiger partial charge in [0.25, 0.3) is 0 Å². The molecule has 142 valence electrons. The van der Waals surface area contributed by atoms with Crippen LogP contribution in [-0.4, -0.2) is 40.7 Å². The number of nitrogens with one attached hydrogen (secondary N) is 2. The van der Waals surface area contributed by atoms with Crippen LogP contribution in [0.25, 0.3) is 0 Å². The van der Waals surface area contributed by atoms with Gasteiger partial charge < -0.3 is 15.2 Å². The van der Waals surface area contributed by atoms with E-state index in [0.717, 1.165) is 45.0 Å². The van der Waals surface area contributed by atoms with E-state index in [0.29, 0.717) is 4.75 Å². The summed E-state index contributed by atoms with van der Waals surface area (Å²) in [7, 11) is 0. The smallest absolute Gasteiger partial charge is 0.250 e. The molecule has 0 radical (unpaired) electrons. The Morgan fingerprint density at radius 1 is 1.36 bits per heavy atom. The van der Waals surface area contributed by atoms with E-state index in [4.69, 9.17) is 4.99 Å². The van der Waals surface area contributed by atoms with E-state index in [9.17, 15) is 4.79 Å². The van der Waals surface area contributed by atoms with Gasteiger partial charge in [-0.1, -0.05) is 6.07 Å². The van der Waals surface area contributed by atoms with Crippen LogP contribution >= 0.6 is 35.7 Å². The van der Waals surface area contributed by atoms with Crippen molar-refractivity contribution in [3.8, 4) is 0 Å². The Kier molecular flexibility index (Phi) is 10.6. The van der Waals surface area contributed by atoms with Gasteiger partial charge in [0.1, 0.15) is 0 Å². The maximum atomic E-state index is 11.6. The molecule has 1 saturated heterocycles. The summed E-state index contributed by atoms with van der Waals surface area (Å²) >= 11 is 2.04. The molecule has 0 bridgehead atoms. The molecule has 0 amide bonds. The number of nitrogens with zero attached hydrogens (tertiary/aromatic N) is 2. The molecule has 25 heavy (non-hydrogen) atoms. The molecule has 2 rings (SSSR count). The zero-order valence-electron chi connectivity index (χ0n) is 15.3. The van der Waals surface area contributed by atoms with E-state index in [1.165, 1.54) is 18.6 Å². The van der Waals surface area contributed by atoms with E-state index in [-0.39, 0.29) is 29.5 Å². The molecule has 2 heterocycles. The lowest BCUT2D eigenvalue weighted by atomic mass is 10.1. The van der Waals surface area contributed by atoms with Gasteiger partial charge >= 0.3 is 0 Å². The van der Waals surface area contributed by atoms with E-state index in [1.54, 1.807) is 16.7 Å². The van der Waals surface area contributed by atoms with Crippen molar-refractivity contribution in [2.24, 2.45) is 4.99 Å². The number of hydrogen-bond acceptors (Lipinski definition) is 3. The van der Waals surface area contributed by atoms with Gasteiger partial charge in [0.2, 0.25) is 5.56 Å². The van der Waals surface area contributed by atoms with Crippen LogP contribution in [0.3, 0.4) is 0 Å². The van der Waals surface area contributed by atoms with Gasteiger partial charge in [-0.25, -0.2) is 0 Å². The lowest BCUT2D eigenvalue weighted by Crippen LogP contribution is -2.39. The van der Waals surface area contributed by atoms with Crippen LogP contribution in [-0.2, 0) is 6.54 Å². The van der Waals surface area contributed by atoms with Crippen molar-refractivity contribution < 1.29 is 0 Å². The number of aryl methyl sites for hydroxylation is 1. The molecule has 1 unspecified atom stereocenters. The first kappa shape index (κ1) is 22.3. The Labute approximate surface area is 172 Å². The van der Waals surface area contributed by atoms with Crippen molar-refractivity contribution in [3.63, 3.8) is 0 Å². The predicted octanol–water partition coefficient (Wildman–Crippen LogP) is 3.09. The summed E-state index contributed by atoms with van der Waals surface area (Å²) in [5.41, 5.74) is 0.0719. The fraction of sp³-hybridized carbons (Fsp3) is 0.667. The summed E-state index contributed by atoms with van der Waals surface area (Å²) in [5, 5.41) is 6.72. The minimum Gasteiger partial charge on any atom is -0.357 e. The van der Waals surface area contributed by atoms with Crippen LogP contribution in [0.4, 0.5) is 0 Å². The third-order valence-electron chi connectivity index (χ3n) is 4.23. The number of pyridine rings is 1. The van der Waals surface area contributed by atoms with Crippen LogP contribution in [0.5, 0.6) is 0 Å². The van der Waals surface area contributed by atoms with Crippen molar-refractivity contribution in [2.75, 3.05) is 25.4 Å². The molecule has 0 spiro atoms. The number of aromatic nitrogens is 1. The molecule has 0 aromatic carbocycles. The van der Waals surface area contributed by atoms with Gasteiger partial charge in [0.05, 0.1) is 6.54 Å². The monoisotopic (exact) mass is 478 g/mol.